The molecule has 8 nitrogen and oxygen atoms in total. The van der Waals surface area contributed by atoms with E-state index in [0.29, 0.717) is 30.1 Å². The van der Waals surface area contributed by atoms with Gasteiger partial charge < -0.3 is 19.9 Å². The first-order valence-corrected chi connectivity index (χ1v) is 13.9. The maximum absolute atomic E-state index is 13.3. The smallest absolute Gasteiger partial charge is 0.254 e. The Kier molecular flexibility index (Phi) is 7.47. The molecule has 2 atom stereocenters. The van der Waals surface area contributed by atoms with Crippen LogP contribution in [0.1, 0.15) is 98.1 Å². The Bertz CT molecular complexity index is 1240. The number of likely N-dealkylation sites (tertiary alicyclic amines) is 1. The Morgan fingerprint density at radius 2 is 1.86 bits per heavy atom. The fraction of sp³-hybridized carbons (Fsp3) is 0.586. The summed E-state index contributed by atoms with van der Waals surface area (Å²) < 4.78 is 2.33. The van der Waals surface area contributed by atoms with Gasteiger partial charge in [-0.3, -0.25) is 9.78 Å². The number of hydrogen-bond donors (Lipinski definition) is 2. The van der Waals surface area contributed by atoms with Crippen LogP contribution in [0.3, 0.4) is 0 Å². The van der Waals surface area contributed by atoms with Gasteiger partial charge in [0.05, 0.1) is 6.10 Å². The molecule has 3 aromatic rings. The van der Waals surface area contributed by atoms with Crippen molar-refractivity contribution in [3.8, 4) is 0 Å². The van der Waals surface area contributed by atoms with Crippen molar-refractivity contribution < 1.29 is 9.90 Å². The van der Waals surface area contributed by atoms with Gasteiger partial charge in [0.2, 0.25) is 5.95 Å². The van der Waals surface area contributed by atoms with Gasteiger partial charge in [0, 0.05) is 65.8 Å². The fourth-order valence-electron chi connectivity index (χ4n) is 6.13. The lowest BCUT2D eigenvalue weighted by Crippen LogP contribution is -2.28. The van der Waals surface area contributed by atoms with E-state index >= 15 is 0 Å². The highest BCUT2D eigenvalue weighted by Crippen LogP contribution is 2.38. The maximum atomic E-state index is 13.3. The number of aromatic nitrogens is 4. The number of aliphatic hydroxyl groups excluding tert-OH is 1. The predicted molar refractivity (Wildman–Crippen MR) is 146 cm³/mol. The molecule has 2 unspecified atom stereocenters. The molecule has 5 rings (SSSR count). The van der Waals surface area contributed by atoms with E-state index in [4.69, 9.17) is 4.98 Å². The molecule has 4 heterocycles. The van der Waals surface area contributed by atoms with Crippen molar-refractivity contribution in [2.24, 2.45) is 0 Å². The van der Waals surface area contributed by atoms with Crippen LogP contribution >= 0.6 is 0 Å². The topological polar surface area (TPSA) is 96.2 Å². The summed E-state index contributed by atoms with van der Waals surface area (Å²) >= 11 is 0. The standard InChI is InChI=1S/C29H40N6O2/c1-5-6-18(2)32-29-30-15-25-26(17-35(27(25)33-29)23-7-9-24(36)10-8-23)21-11-12-34(16-21)28(37)22-13-19(3)31-20(4)14-22/h13-15,17-18,21,23-24,36H,5-12,16H2,1-4H3,(H,30,32,33). The second-order valence-electron chi connectivity index (χ2n) is 11.1. The zero-order valence-electron chi connectivity index (χ0n) is 22.6. The molecule has 0 aromatic carbocycles. The number of nitrogens with one attached hydrogen (secondary N) is 1. The molecule has 2 N–H and O–H groups in total. The van der Waals surface area contributed by atoms with Gasteiger partial charge in [-0.1, -0.05) is 13.3 Å². The van der Waals surface area contributed by atoms with Crippen molar-refractivity contribution >= 4 is 22.9 Å². The number of carbonyl (C=O) groups is 1. The number of nitrogens with zero attached hydrogens (tertiary/aromatic N) is 5. The number of hydrogen-bond acceptors (Lipinski definition) is 6. The largest absolute Gasteiger partial charge is 0.393 e. The van der Waals surface area contributed by atoms with E-state index in [1.807, 2.05) is 37.1 Å². The summed E-state index contributed by atoms with van der Waals surface area (Å²) in [5, 5.41) is 14.6. The van der Waals surface area contributed by atoms with Crippen LogP contribution < -0.4 is 5.32 Å². The molecule has 2 aliphatic rings. The maximum Gasteiger partial charge on any atom is 0.254 e. The van der Waals surface area contributed by atoms with Gasteiger partial charge >= 0.3 is 0 Å². The number of carbonyl (C=O) groups excluding carboxylic acids is 1. The lowest BCUT2D eigenvalue weighted by atomic mass is 9.93. The molecule has 0 bridgehead atoms. The molecule has 198 valence electrons. The third-order valence-corrected chi connectivity index (χ3v) is 8.00. The highest BCUT2D eigenvalue weighted by atomic mass is 16.3. The minimum Gasteiger partial charge on any atom is -0.393 e. The number of pyridine rings is 1. The van der Waals surface area contributed by atoms with Crippen molar-refractivity contribution in [3.63, 3.8) is 0 Å². The Balaban J connectivity index is 1.44. The number of rotatable bonds is 7. The van der Waals surface area contributed by atoms with Crippen molar-refractivity contribution in [1.82, 2.24) is 24.4 Å². The first-order chi connectivity index (χ1) is 17.8. The van der Waals surface area contributed by atoms with Gasteiger partial charge in [0.25, 0.3) is 5.91 Å². The fourth-order valence-corrected chi connectivity index (χ4v) is 6.13. The second kappa shape index (κ2) is 10.8. The first-order valence-electron chi connectivity index (χ1n) is 13.9. The van der Waals surface area contributed by atoms with Crippen LogP contribution in [0.5, 0.6) is 0 Å². The molecule has 37 heavy (non-hydrogen) atoms. The van der Waals surface area contributed by atoms with Crippen molar-refractivity contribution in [3.05, 3.63) is 47.0 Å². The summed E-state index contributed by atoms with van der Waals surface area (Å²) in [4.78, 5) is 29.4. The van der Waals surface area contributed by atoms with Gasteiger partial charge in [-0.2, -0.15) is 4.98 Å². The average Bonchev–Trinajstić information content (AvgIpc) is 3.49. The number of aliphatic hydroxyl groups is 1. The van der Waals surface area contributed by atoms with E-state index in [1.165, 1.54) is 5.56 Å². The van der Waals surface area contributed by atoms with Gasteiger partial charge in [0.15, 0.2) is 0 Å². The van der Waals surface area contributed by atoms with Crippen LogP contribution in [-0.2, 0) is 0 Å². The van der Waals surface area contributed by atoms with Crippen LogP contribution in [0.15, 0.2) is 24.5 Å². The van der Waals surface area contributed by atoms with Crippen LogP contribution in [-0.4, -0.2) is 60.7 Å². The highest BCUT2D eigenvalue weighted by Gasteiger charge is 2.32. The van der Waals surface area contributed by atoms with Crippen molar-refractivity contribution in [2.45, 2.75) is 96.7 Å². The molecule has 1 saturated heterocycles. The van der Waals surface area contributed by atoms with E-state index < -0.39 is 0 Å². The van der Waals surface area contributed by atoms with Crippen LogP contribution in [0.25, 0.3) is 11.0 Å². The molecule has 1 aliphatic heterocycles. The summed E-state index contributed by atoms with van der Waals surface area (Å²) in [5.74, 6) is 0.989. The minimum absolute atomic E-state index is 0.0776. The normalized spacial score (nSPS) is 22.9. The van der Waals surface area contributed by atoms with E-state index in [9.17, 15) is 9.90 Å². The van der Waals surface area contributed by atoms with Gasteiger partial charge in [0.1, 0.15) is 5.65 Å². The van der Waals surface area contributed by atoms with Gasteiger partial charge in [-0.05, 0) is 77.0 Å². The summed E-state index contributed by atoms with van der Waals surface area (Å²) in [5.41, 5.74) is 4.65. The Hall–Kier alpha value is -3.00. The molecule has 8 heteroatoms. The number of amides is 1. The molecular formula is C29H40N6O2. The number of aryl methyl sites for hydroxylation is 2. The third kappa shape index (κ3) is 5.49. The number of fused-ring (bicyclic) bond motifs is 1. The Morgan fingerprint density at radius 1 is 1.14 bits per heavy atom. The van der Waals surface area contributed by atoms with Crippen molar-refractivity contribution in [2.75, 3.05) is 18.4 Å². The SMILES string of the molecule is CCCC(C)Nc1ncc2c(C3CCN(C(=O)c4cc(C)nc(C)c4)C3)cn(C3CCC(O)CC3)c2n1. The zero-order chi connectivity index (χ0) is 26.1. The Labute approximate surface area is 219 Å². The van der Waals surface area contributed by atoms with Crippen LogP contribution in [0.4, 0.5) is 5.95 Å². The molecule has 1 saturated carbocycles. The first kappa shape index (κ1) is 25.6. The molecule has 3 aromatic heterocycles. The van der Waals surface area contributed by atoms with E-state index in [-0.39, 0.29) is 17.9 Å². The molecule has 1 amide bonds. The van der Waals surface area contributed by atoms with Crippen LogP contribution in [0.2, 0.25) is 0 Å². The predicted octanol–water partition coefficient (Wildman–Crippen LogP) is 5.15. The number of anilines is 1. The third-order valence-electron chi connectivity index (χ3n) is 8.00. The van der Waals surface area contributed by atoms with Gasteiger partial charge in [-0.15, -0.1) is 0 Å². The summed E-state index contributed by atoms with van der Waals surface area (Å²) in [7, 11) is 0. The van der Waals surface area contributed by atoms with Crippen LogP contribution in [0, 0.1) is 13.8 Å². The minimum atomic E-state index is -0.200. The monoisotopic (exact) mass is 504 g/mol. The van der Waals surface area contributed by atoms with E-state index in [2.05, 4.69) is 39.9 Å². The molecule has 2 fully saturated rings. The quantitative estimate of drug-likeness (QED) is 0.462. The molecule has 0 spiro atoms. The Morgan fingerprint density at radius 3 is 2.57 bits per heavy atom. The summed E-state index contributed by atoms with van der Waals surface area (Å²) in [6, 6.07) is 4.39. The summed E-state index contributed by atoms with van der Waals surface area (Å²) in [6.07, 6.45) is 10.7. The average molecular weight is 505 g/mol. The highest BCUT2D eigenvalue weighted by molar-refractivity contribution is 5.94. The van der Waals surface area contributed by atoms with Crippen molar-refractivity contribution in [1.29, 1.82) is 0 Å². The zero-order valence-corrected chi connectivity index (χ0v) is 22.6. The van der Waals surface area contributed by atoms with E-state index in [0.717, 1.165) is 73.9 Å². The lowest BCUT2D eigenvalue weighted by Gasteiger charge is -2.27. The van der Waals surface area contributed by atoms with E-state index in [1.54, 1.807) is 0 Å². The molecular weight excluding hydrogens is 464 g/mol. The van der Waals surface area contributed by atoms with Gasteiger partial charge in [-0.25, -0.2) is 4.98 Å². The molecule has 1 aliphatic carbocycles. The molecule has 0 radical (unpaired) electrons. The second-order valence-corrected chi connectivity index (χ2v) is 11.1. The lowest BCUT2D eigenvalue weighted by molar-refractivity contribution is 0.0790. The summed E-state index contributed by atoms with van der Waals surface area (Å²) in [6.45, 7) is 9.64.